The van der Waals surface area contributed by atoms with Gasteiger partial charge in [0.25, 0.3) is 6.43 Å². The summed E-state index contributed by atoms with van der Waals surface area (Å²) in [5, 5.41) is 2.87. The van der Waals surface area contributed by atoms with Gasteiger partial charge in [0.1, 0.15) is 13.2 Å². The molecule has 2 heterocycles. The molecule has 3 rings (SSSR count). The maximum Gasteiger partial charge on any atom is 0.272 e. The third-order valence-electron chi connectivity index (χ3n) is 4.44. The molecule has 0 fully saturated rings. The molecule has 0 bridgehead atoms. The van der Waals surface area contributed by atoms with E-state index in [9.17, 15) is 13.6 Å². The summed E-state index contributed by atoms with van der Waals surface area (Å²) in [5.41, 5.74) is 0.688. The summed E-state index contributed by atoms with van der Waals surface area (Å²) in [6.45, 7) is 4.11. The van der Waals surface area contributed by atoms with Crippen LogP contribution in [0.15, 0.2) is 36.5 Å². The first-order chi connectivity index (χ1) is 13.4. The summed E-state index contributed by atoms with van der Waals surface area (Å²) in [6, 6.07) is 8.67. The molecule has 8 heteroatoms. The molecular formula is C20H22F2N2O4. The number of rotatable bonds is 7. The molecular weight excluding hydrogens is 370 g/mol. The molecule has 28 heavy (non-hydrogen) atoms. The Morgan fingerprint density at radius 3 is 2.71 bits per heavy atom. The molecule has 0 radical (unpaired) electrons. The second kappa shape index (κ2) is 8.41. The Morgan fingerprint density at radius 1 is 1.21 bits per heavy atom. The highest BCUT2D eigenvalue weighted by atomic mass is 19.3. The van der Waals surface area contributed by atoms with Crippen molar-refractivity contribution in [2.75, 3.05) is 19.8 Å². The van der Waals surface area contributed by atoms with Crippen molar-refractivity contribution in [2.24, 2.45) is 0 Å². The van der Waals surface area contributed by atoms with Gasteiger partial charge < -0.3 is 19.5 Å². The van der Waals surface area contributed by atoms with Crippen LogP contribution in [0.4, 0.5) is 8.78 Å². The van der Waals surface area contributed by atoms with E-state index < -0.39 is 18.4 Å². The van der Waals surface area contributed by atoms with Crippen molar-refractivity contribution in [1.29, 1.82) is 0 Å². The predicted octanol–water partition coefficient (Wildman–Crippen LogP) is 3.09. The van der Waals surface area contributed by atoms with Crippen LogP contribution in [0.3, 0.4) is 0 Å². The normalized spacial score (nSPS) is 13.3. The van der Waals surface area contributed by atoms with Crippen LogP contribution in [0.2, 0.25) is 0 Å². The second-order valence-corrected chi connectivity index (χ2v) is 6.87. The lowest BCUT2D eigenvalue weighted by Crippen LogP contribution is -2.39. The van der Waals surface area contributed by atoms with Crippen molar-refractivity contribution in [3.05, 3.63) is 47.7 Å². The highest BCUT2D eigenvalue weighted by Crippen LogP contribution is 2.35. The van der Waals surface area contributed by atoms with Gasteiger partial charge in [0.05, 0.1) is 5.41 Å². The minimum absolute atomic E-state index is 0.0955. The van der Waals surface area contributed by atoms with Crippen LogP contribution < -0.4 is 19.5 Å². The van der Waals surface area contributed by atoms with E-state index >= 15 is 0 Å². The minimum atomic E-state index is -2.57. The number of nitrogens with zero attached hydrogens (tertiary/aromatic N) is 1. The number of fused-ring (bicyclic) bond motifs is 1. The fourth-order valence-corrected chi connectivity index (χ4v) is 2.75. The summed E-state index contributed by atoms with van der Waals surface area (Å²) >= 11 is 0. The van der Waals surface area contributed by atoms with Crippen LogP contribution in [0.25, 0.3) is 0 Å². The quantitative estimate of drug-likeness (QED) is 0.784. The number of carbonyl (C=O) groups excluding carboxylic acids is 1. The molecule has 0 saturated carbocycles. The van der Waals surface area contributed by atoms with Crippen molar-refractivity contribution in [1.82, 2.24) is 10.3 Å². The highest BCUT2D eigenvalue weighted by molar-refractivity contribution is 5.87. The summed E-state index contributed by atoms with van der Waals surface area (Å²) in [5.74, 6) is 1.20. The number of hydrogen-bond donors (Lipinski definition) is 1. The van der Waals surface area contributed by atoms with Gasteiger partial charge in [-0.25, -0.2) is 13.8 Å². The lowest BCUT2D eigenvalue weighted by atomic mass is 9.83. The van der Waals surface area contributed by atoms with Crippen molar-refractivity contribution in [3.63, 3.8) is 0 Å². The third-order valence-corrected chi connectivity index (χ3v) is 4.44. The number of alkyl halides is 2. The van der Waals surface area contributed by atoms with E-state index in [1.54, 1.807) is 12.1 Å². The first-order valence-corrected chi connectivity index (χ1v) is 8.90. The molecule has 1 aliphatic rings. The largest absolute Gasteiger partial charge is 0.486 e. The molecule has 0 spiro atoms. The topological polar surface area (TPSA) is 69.7 Å². The number of carbonyl (C=O) groups is 1. The van der Waals surface area contributed by atoms with Gasteiger partial charge in [-0.2, -0.15) is 0 Å². The first kappa shape index (κ1) is 19.9. The Balaban J connectivity index is 1.64. The lowest BCUT2D eigenvalue weighted by Gasteiger charge is -2.26. The Morgan fingerprint density at radius 2 is 1.96 bits per heavy atom. The van der Waals surface area contributed by atoms with Crippen LogP contribution >= 0.6 is 0 Å². The number of aromatic nitrogens is 1. The number of nitrogens with one attached hydrogen (secondary N) is 1. The van der Waals surface area contributed by atoms with Gasteiger partial charge in [-0.3, -0.25) is 4.79 Å². The van der Waals surface area contributed by atoms with E-state index in [-0.39, 0.29) is 18.3 Å². The van der Waals surface area contributed by atoms with E-state index in [4.69, 9.17) is 14.2 Å². The maximum absolute atomic E-state index is 12.8. The van der Waals surface area contributed by atoms with Crippen LogP contribution in [0.5, 0.6) is 17.4 Å². The van der Waals surface area contributed by atoms with Crippen LogP contribution in [0.1, 0.15) is 25.0 Å². The van der Waals surface area contributed by atoms with Crippen molar-refractivity contribution in [2.45, 2.75) is 32.2 Å². The van der Waals surface area contributed by atoms with Crippen LogP contribution in [-0.2, 0) is 16.8 Å². The zero-order chi connectivity index (χ0) is 20.1. The SMILES string of the molecule is CC(C)(C(=O)NCc1ccnc(OCC(F)F)c1)c1ccc2c(c1)OCCO2. The summed E-state index contributed by atoms with van der Waals surface area (Å²) in [7, 11) is 0. The average Bonchev–Trinajstić information content (AvgIpc) is 2.70. The summed E-state index contributed by atoms with van der Waals surface area (Å²) in [4.78, 5) is 16.7. The standard InChI is InChI=1S/C20H22F2N2O4/c1-20(2,14-3-4-15-16(10-14)27-8-7-26-15)19(25)24-11-13-5-6-23-18(9-13)28-12-17(21)22/h3-6,9-10,17H,7-8,11-12H2,1-2H3,(H,24,25). The summed E-state index contributed by atoms with van der Waals surface area (Å²) < 4.78 is 40.5. The monoisotopic (exact) mass is 392 g/mol. The van der Waals surface area contributed by atoms with Gasteiger partial charge in [-0.1, -0.05) is 6.07 Å². The molecule has 1 aliphatic heterocycles. The molecule has 0 aliphatic carbocycles. The smallest absolute Gasteiger partial charge is 0.272 e. The molecule has 1 amide bonds. The number of amides is 1. The van der Waals surface area contributed by atoms with Crippen LogP contribution in [-0.4, -0.2) is 37.1 Å². The van der Waals surface area contributed by atoms with Crippen LogP contribution in [0, 0.1) is 0 Å². The van der Waals surface area contributed by atoms with E-state index in [2.05, 4.69) is 10.3 Å². The van der Waals surface area contributed by atoms with Gasteiger partial charge in [0.2, 0.25) is 11.8 Å². The average molecular weight is 392 g/mol. The second-order valence-electron chi connectivity index (χ2n) is 6.87. The van der Waals surface area contributed by atoms with E-state index in [0.29, 0.717) is 30.3 Å². The fraction of sp³-hybridized carbons (Fsp3) is 0.400. The number of pyridine rings is 1. The van der Waals surface area contributed by atoms with Gasteiger partial charge in [0.15, 0.2) is 18.1 Å². The number of benzene rings is 1. The predicted molar refractivity (Wildman–Crippen MR) is 98.0 cm³/mol. The van der Waals surface area contributed by atoms with Crippen molar-refractivity contribution >= 4 is 5.91 Å². The van der Waals surface area contributed by atoms with E-state index in [1.165, 1.54) is 12.3 Å². The fourth-order valence-electron chi connectivity index (χ4n) is 2.75. The highest BCUT2D eigenvalue weighted by Gasteiger charge is 2.31. The molecule has 1 N–H and O–H groups in total. The molecule has 0 atom stereocenters. The minimum Gasteiger partial charge on any atom is -0.486 e. The van der Waals surface area contributed by atoms with Gasteiger partial charge in [-0.15, -0.1) is 0 Å². The first-order valence-electron chi connectivity index (χ1n) is 8.90. The van der Waals surface area contributed by atoms with E-state index in [1.807, 2.05) is 26.0 Å². The Kier molecular flexibility index (Phi) is 5.96. The van der Waals surface area contributed by atoms with E-state index in [0.717, 1.165) is 5.56 Å². The molecule has 6 nitrogen and oxygen atoms in total. The molecule has 2 aromatic rings. The zero-order valence-corrected chi connectivity index (χ0v) is 15.7. The Bertz CT molecular complexity index is 843. The zero-order valence-electron chi connectivity index (χ0n) is 15.7. The molecule has 0 unspecified atom stereocenters. The summed E-state index contributed by atoms with van der Waals surface area (Å²) in [6.07, 6.45) is -1.12. The van der Waals surface area contributed by atoms with Crippen molar-refractivity contribution < 1.29 is 27.8 Å². The maximum atomic E-state index is 12.8. The number of hydrogen-bond acceptors (Lipinski definition) is 5. The van der Waals surface area contributed by atoms with Gasteiger partial charge >= 0.3 is 0 Å². The number of halogens is 2. The molecule has 1 aromatic heterocycles. The third kappa shape index (κ3) is 4.68. The van der Waals surface area contributed by atoms with Gasteiger partial charge in [-0.05, 0) is 43.2 Å². The van der Waals surface area contributed by atoms with Crippen molar-refractivity contribution in [3.8, 4) is 17.4 Å². The molecule has 150 valence electrons. The lowest BCUT2D eigenvalue weighted by molar-refractivity contribution is -0.125. The number of ether oxygens (including phenoxy) is 3. The Labute approximate surface area is 161 Å². The molecule has 1 aromatic carbocycles. The van der Waals surface area contributed by atoms with Gasteiger partial charge in [0, 0.05) is 18.8 Å². The Hall–Kier alpha value is -2.90. The molecule has 0 saturated heterocycles.